The predicted octanol–water partition coefficient (Wildman–Crippen LogP) is 2.25. The molecule has 0 aliphatic carbocycles. The largest absolute Gasteiger partial charge is 0.381 e. The van der Waals surface area contributed by atoms with Crippen LogP contribution in [-0.4, -0.2) is 34.0 Å². The van der Waals surface area contributed by atoms with Gasteiger partial charge in [0.1, 0.15) is 0 Å². The first-order valence-electron chi connectivity index (χ1n) is 6.73. The summed E-state index contributed by atoms with van der Waals surface area (Å²) in [5.41, 5.74) is 1.03. The zero-order valence-corrected chi connectivity index (χ0v) is 10.8. The Hall–Kier alpha value is -1.88. The number of nitrogens with one attached hydrogen (secondary N) is 1. The van der Waals surface area contributed by atoms with Crippen LogP contribution in [-0.2, 0) is 4.74 Å². The van der Waals surface area contributed by atoms with Crippen LogP contribution in [0.2, 0.25) is 0 Å². The third-order valence-electron chi connectivity index (χ3n) is 3.32. The van der Waals surface area contributed by atoms with Gasteiger partial charge < -0.3 is 10.1 Å². The Balaban J connectivity index is 1.80. The lowest BCUT2D eigenvalue weighted by molar-refractivity contribution is 0.144. The Labute approximate surface area is 112 Å². The molecule has 1 saturated heterocycles. The van der Waals surface area contributed by atoms with Crippen molar-refractivity contribution in [3.05, 3.63) is 36.8 Å². The maximum atomic E-state index is 5.49. The molecule has 1 unspecified atom stereocenters. The van der Waals surface area contributed by atoms with Gasteiger partial charge in [-0.3, -0.25) is 0 Å². The van der Waals surface area contributed by atoms with Gasteiger partial charge in [0.15, 0.2) is 5.82 Å². The highest BCUT2D eigenvalue weighted by atomic mass is 16.5. The fourth-order valence-electron chi connectivity index (χ4n) is 2.35. The summed E-state index contributed by atoms with van der Waals surface area (Å²) in [5, 5.41) is 7.82. The van der Waals surface area contributed by atoms with E-state index in [1.54, 1.807) is 17.1 Å². The molecule has 0 amide bonds. The van der Waals surface area contributed by atoms with E-state index in [1.165, 1.54) is 0 Å². The second kappa shape index (κ2) is 5.84. The zero-order chi connectivity index (χ0) is 12.9. The minimum absolute atomic E-state index is 0.445. The van der Waals surface area contributed by atoms with Crippen LogP contribution < -0.4 is 5.32 Å². The van der Waals surface area contributed by atoms with Gasteiger partial charge in [0.2, 0.25) is 0 Å². The van der Waals surface area contributed by atoms with Gasteiger partial charge >= 0.3 is 0 Å². The molecule has 5 nitrogen and oxygen atoms in total. The fourth-order valence-corrected chi connectivity index (χ4v) is 2.35. The van der Waals surface area contributed by atoms with Crippen LogP contribution in [0.25, 0.3) is 5.82 Å². The summed E-state index contributed by atoms with van der Waals surface area (Å²) in [6, 6.07) is 6.34. The first-order valence-corrected chi connectivity index (χ1v) is 6.73. The minimum Gasteiger partial charge on any atom is -0.381 e. The number of nitrogens with zero attached hydrogens (tertiary/aromatic N) is 3. The van der Waals surface area contributed by atoms with Crippen LogP contribution in [0.5, 0.6) is 0 Å². The summed E-state index contributed by atoms with van der Waals surface area (Å²) in [4.78, 5) is 4.42. The average Bonchev–Trinajstić information content (AvgIpc) is 2.85. The highest BCUT2D eigenvalue weighted by Crippen LogP contribution is 2.20. The van der Waals surface area contributed by atoms with E-state index in [0.717, 1.165) is 44.0 Å². The molecule has 2 aromatic heterocycles. The smallest absolute Gasteiger partial charge is 0.176 e. The second-order valence-corrected chi connectivity index (χ2v) is 4.71. The van der Waals surface area contributed by atoms with Crippen molar-refractivity contribution in [3.63, 3.8) is 0 Å². The molecule has 0 radical (unpaired) electrons. The molecule has 1 atom stereocenters. The molecule has 5 heteroatoms. The second-order valence-electron chi connectivity index (χ2n) is 4.71. The summed E-state index contributed by atoms with van der Waals surface area (Å²) in [6.07, 6.45) is 8.73. The van der Waals surface area contributed by atoms with E-state index >= 15 is 0 Å². The van der Waals surface area contributed by atoms with Crippen molar-refractivity contribution < 1.29 is 4.74 Å². The summed E-state index contributed by atoms with van der Waals surface area (Å²) in [7, 11) is 0. The van der Waals surface area contributed by atoms with Gasteiger partial charge in [0.25, 0.3) is 0 Å². The lowest BCUT2D eigenvalue weighted by Gasteiger charge is -2.18. The molecule has 0 saturated carbocycles. The maximum Gasteiger partial charge on any atom is 0.176 e. The molecule has 2 aromatic rings. The summed E-state index contributed by atoms with van der Waals surface area (Å²) >= 11 is 0. The number of ether oxygens (including phenoxy) is 1. The van der Waals surface area contributed by atoms with Crippen molar-refractivity contribution in [1.29, 1.82) is 0 Å². The SMILES string of the molecule is c1cnc(-n2cccn2)c(NC2CCCOCC2)c1. The number of anilines is 1. The van der Waals surface area contributed by atoms with E-state index in [0.29, 0.717) is 6.04 Å². The normalized spacial score (nSPS) is 19.9. The monoisotopic (exact) mass is 258 g/mol. The summed E-state index contributed by atoms with van der Waals surface area (Å²) in [5.74, 6) is 0.845. The van der Waals surface area contributed by atoms with Crippen molar-refractivity contribution >= 4 is 5.69 Å². The van der Waals surface area contributed by atoms with Crippen LogP contribution >= 0.6 is 0 Å². The molecule has 100 valence electrons. The number of aromatic nitrogens is 3. The Morgan fingerprint density at radius 3 is 3.11 bits per heavy atom. The molecule has 0 spiro atoms. The number of pyridine rings is 1. The highest BCUT2D eigenvalue weighted by molar-refractivity contribution is 5.56. The molecular weight excluding hydrogens is 240 g/mol. The molecule has 1 aliphatic heterocycles. The van der Waals surface area contributed by atoms with Crippen molar-refractivity contribution in [2.24, 2.45) is 0 Å². The van der Waals surface area contributed by atoms with E-state index in [9.17, 15) is 0 Å². The van der Waals surface area contributed by atoms with Crippen molar-refractivity contribution in [2.45, 2.75) is 25.3 Å². The zero-order valence-electron chi connectivity index (χ0n) is 10.8. The van der Waals surface area contributed by atoms with Gasteiger partial charge in [-0.1, -0.05) is 0 Å². The average molecular weight is 258 g/mol. The Morgan fingerprint density at radius 1 is 1.21 bits per heavy atom. The first-order chi connectivity index (χ1) is 9.43. The molecule has 19 heavy (non-hydrogen) atoms. The van der Waals surface area contributed by atoms with Crippen LogP contribution in [0.4, 0.5) is 5.69 Å². The van der Waals surface area contributed by atoms with Crippen LogP contribution in [0.1, 0.15) is 19.3 Å². The van der Waals surface area contributed by atoms with E-state index in [1.807, 2.05) is 18.3 Å². The number of hydrogen-bond donors (Lipinski definition) is 1. The van der Waals surface area contributed by atoms with Crippen LogP contribution in [0, 0.1) is 0 Å². The third-order valence-corrected chi connectivity index (χ3v) is 3.32. The molecule has 0 bridgehead atoms. The Kier molecular flexibility index (Phi) is 3.74. The molecule has 3 heterocycles. The lowest BCUT2D eigenvalue weighted by atomic mass is 10.1. The molecule has 3 rings (SSSR count). The van der Waals surface area contributed by atoms with Gasteiger partial charge in [-0.05, 0) is 37.5 Å². The quantitative estimate of drug-likeness (QED) is 0.917. The summed E-state index contributed by atoms with van der Waals surface area (Å²) < 4.78 is 7.28. The van der Waals surface area contributed by atoms with E-state index in [4.69, 9.17) is 4.74 Å². The molecule has 1 aliphatic rings. The van der Waals surface area contributed by atoms with Gasteiger partial charge in [-0.25, -0.2) is 9.67 Å². The fraction of sp³-hybridized carbons (Fsp3) is 0.429. The van der Waals surface area contributed by atoms with Crippen molar-refractivity contribution in [3.8, 4) is 5.82 Å². The summed E-state index contributed by atoms with van der Waals surface area (Å²) in [6.45, 7) is 1.70. The minimum atomic E-state index is 0.445. The van der Waals surface area contributed by atoms with Crippen LogP contribution in [0.3, 0.4) is 0 Å². The van der Waals surface area contributed by atoms with Crippen molar-refractivity contribution in [2.75, 3.05) is 18.5 Å². The number of hydrogen-bond acceptors (Lipinski definition) is 4. The Bertz CT molecular complexity index is 504. The third kappa shape index (κ3) is 2.93. The van der Waals surface area contributed by atoms with E-state index < -0.39 is 0 Å². The van der Waals surface area contributed by atoms with Crippen molar-refractivity contribution in [1.82, 2.24) is 14.8 Å². The molecule has 0 aromatic carbocycles. The first kappa shape index (κ1) is 12.2. The molecule has 1 N–H and O–H groups in total. The van der Waals surface area contributed by atoms with Gasteiger partial charge in [0, 0.05) is 37.8 Å². The lowest BCUT2D eigenvalue weighted by Crippen LogP contribution is -2.21. The van der Waals surface area contributed by atoms with Gasteiger partial charge in [0.05, 0.1) is 5.69 Å². The molecule has 1 fully saturated rings. The van der Waals surface area contributed by atoms with Gasteiger partial charge in [-0.2, -0.15) is 5.10 Å². The highest BCUT2D eigenvalue weighted by Gasteiger charge is 2.14. The maximum absolute atomic E-state index is 5.49. The van der Waals surface area contributed by atoms with E-state index in [-0.39, 0.29) is 0 Å². The molecular formula is C14H18N4O. The topological polar surface area (TPSA) is 52.0 Å². The number of rotatable bonds is 3. The van der Waals surface area contributed by atoms with Gasteiger partial charge in [-0.15, -0.1) is 0 Å². The predicted molar refractivity (Wildman–Crippen MR) is 73.4 cm³/mol. The van der Waals surface area contributed by atoms with Crippen LogP contribution in [0.15, 0.2) is 36.8 Å². The van der Waals surface area contributed by atoms with E-state index in [2.05, 4.69) is 21.5 Å². The Morgan fingerprint density at radius 2 is 2.21 bits per heavy atom. The standard InChI is InChI=1S/C14H18N4O/c1-5-13(17-12-4-2-10-19-11-6-12)14(15-7-1)18-9-3-8-16-18/h1,3,5,7-9,12,17H,2,4,6,10-11H2.